The largest absolute Gasteiger partial charge is 0.472 e. The van der Waals surface area contributed by atoms with Crippen molar-refractivity contribution in [2.45, 2.75) is 161 Å². The molecule has 312 valence electrons. The van der Waals surface area contributed by atoms with Crippen LogP contribution in [0.15, 0.2) is 60.8 Å². The van der Waals surface area contributed by atoms with Gasteiger partial charge in [-0.2, -0.15) is 0 Å². The Kier molecular flexibility index (Phi) is 34.7. The molecular formula is C42H73O11P. The molecule has 0 rings (SSSR count). The van der Waals surface area contributed by atoms with Crippen LogP contribution in [0.1, 0.15) is 143 Å². The van der Waals surface area contributed by atoms with E-state index in [-0.39, 0.29) is 25.6 Å². The monoisotopic (exact) mass is 784 g/mol. The average molecular weight is 785 g/mol. The Morgan fingerprint density at radius 1 is 0.667 bits per heavy atom. The van der Waals surface area contributed by atoms with Crippen molar-refractivity contribution in [2.24, 2.45) is 5.92 Å². The van der Waals surface area contributed by atoms with Gasteiger partial charge in [-0.1, -0.05) is 146 Å². The van der Waals surface area contributed by atoms with Crippen molar-refractivity contribution < 1.29 is 52.9 Å². The third-order valence-corrected chi connectivity index (χ3v) is 9.22. The molecule has 0 amide bonds. The first-order valence-corrected chi connectivity index (χ1v) is 21.7. The number of carbonyl (C=O) groups excluding carboxylic acids is 2. The summed E-state index contributed by atoms with van der Waals surface area (Å²) in [4.78, 5) is 34.9. The summed E-state index contributed by atoms with van der Waals surface area (Å²) in [7, 11) is -4.64. The minimum Gasteiger partial charge on any atom is -0.462 e. The summed E-state index contributed by atoms with van der Waals surface area (Å²) < 4.78 is 32.6. The molecule has 0 aliphatic rings. The van der Waals surface area contributed by atoms with Crippen molar-refractivity contribution in [1.29, 1.82) is 0 Å². The van der Waals surface area contributed by atoms with Crippen LogP contribution < -0.4 is 0 Å². The molecule has 0 saturated heterocycles. The Bertz CT molecular complexity index is 1120. The number of aliphatic hydroxyl groups excluding tert-OH is 3. The van der Waals surface area contributed by atoms with Gasteiger partial charge in [-0.3, -0.25) is 18.6 Å². The molecule has 12 heteroatoms. The number of hydrogen-bond acceptors (Lipinski definition) is 10. The van der Waals surface area contributed by atoms with E-state index in [4.69, 9.17) is 19.1 Å². The quantitative estimate of drug-likeness (QED) is 0.0157. The first kappa shape index (κ1) is 51.6. The van der Waals surface area contributed by atoms with Crippen molar-refractivity contribution in [2.75, 3.05) is 26.4 Å². The number of allylic oxidation sites excluding steroid dienone is 9. The second-order valence-electron chi connectivity index (χ2n) is 14.0. The number of esters is 2. The average Bonchev–Trinajstić information content (AvgIpc) is 3.14. The lowest BCUT2D eigenvalue weighted by molar-refractivity contribution is -0.161. The van der Waals surface area contributed by atoms with Crippen molar-refractivity contribution >= 4 is 19.8 Å². The Balaban J connectivity index is 4.46. The van der Waals surface area contributed by atoms with Crippen LogP contribution in [0.2, 0.25) is 0 Å². The summed E-state index contributed by atoms with van der Waals surface area (Å²) in [6.45, 7) is 4.25. The van der Waals surface area contributed by atoms with Gasteiger partial charge in [0.05, 0.1) is 25.9 Å². The second kappa shape index (κ2) is 36.3. The molecule has 0 fully saturated rings. The van der Waals surface area contributed by atoms with Crippen LogP contribution in [0.3, 0.4) is 0 Å². The Morgan fingerprint density at radius 2 is 1.20 bits per heavy atom. The Hall–Kier alpha value is -2.37. The predicted octanol–water partition coefficient (Wildman–Crippen LogP) is 9.16. The molecule has 1 unspecified atom stereocenters. The summed E-state index contributed by atoms with van der Waals surface area (Å²) in [5, 5.41) is 27.8. The lowest BCUT2D eigenvalue weighted by Crippen LogP contribution is -2.29. The van der Waals surface area contributed by atoms with Crippen molar-refractivity contribution in [1.82, 2.24) is 0 Å². The lowest BCUT2D eigenvalue weighted by Gasteiger charge is -2.20. The number of phosphoric ester groups is 1. The van der Waals surface area contributed by atoms with E-state index in [1.165, 1.54) is 44.9 Å². The van der Waals surface area contributed by atoms with Gasteiger partial charge in [0.25, 0.3) is 0 Å². The van der Waals surface area contributed by atoms with Crippen molar-refractivity contribution in [3.63, 3.8) is 0 Å². The van der Waals surface area contributed by atoms with Crippen LogP contribution in [0, 0.1) is 5.92 Å². The minimum atomic E-state index is -4.64. The molecule has 0 aliphatic carbocycles. The molecule has 54 heavy (non-hydrogen) atoms. The minimum absolute atomic E-state index is 0.148. The van der Waals surface area contributed by atoms with E-state index in [2.05, 4.69) is 42.7 Å². The number of unbranched alkanes of at least 4 members (excludes halogenated alkanes) is 10. The van der Waals surface area contributed by atoms with Crippen LogP contribution in [-0.4, -0.2) is 76.9 Å². The third-order valence-electron chi connectivity index (χ3n) is 8.27. The van der Waals surface area contributed by atoms with E-state index in [1.807, 2.05) is 37.3 Å². The maximum Gasteiger partial charge on any atom is 0.472 e. The van der Waals surface area contributed by atoms with Crippen LogP contribution >= 0.6 is 7.82 Å². The summed E-state index contributed by atoms with van der Waals surface area (Å²) >= 11 is 0. The number of rotatable bonds is 36. The topological polar surface area (TPSA) is 169 Å². The van der Waals surface area contributed by atoms with Crippen LogP contribution in [0.5, 0.6) is 0 Å². The van der Waals surface area contributed by atoms with Gasteiger partial charge in [-0.15, -0.1) is 0 Å². The molecule has 0 aliphatic heterocycles. The molecule has 0 radical (unpaired) electrons. The van der Waals surface area contributed by atoms with Gasteiger partial charge in [0.1, 0.15) is 12.7 Å². The molecule has 0 aromatic carbocycles. The standard InChI is InChI=1S/C42H73O11P/c1-4-38(44)30-26-22-18-14-9-7-5-6-8-10-15-19-23-27-31-41(46)50-35-40(36-52-54(48,49)51-34-39(45)33-43)53-42(47)32-28-24-20-16-12-11-13-17-21-25-29-37(2)3/h6-9,15,18-19,22,26,30,37-40,43-45H,4-5,10-14,16-17,20-21,23-25,27-29,31-36H2,1-3H3,(H,48,49)/b8-6-,9-7-,19-15-,22-18-,30-26+/t38-,39-,40+/m0/s1. The highest BCUT2D eigenvalue weighted by Gasteiger charge is 2.27. The maximum absolute atomic E-state index is 12.6. The van der Waals surface area contributed by atoms with E-state index in [9.17, 15) is 29.3 Å². The lowest BCUT2D eigenvalue weighted by atomic mass is 10.0. The summed E-state index contributed by atoms with van der Waals surface area (Å²) in [6, 6.07) is 0. The highest BCUT2D eigenvalue weighted by Crippen LogP contribution is 2.43. The van der Waals surface area contributed by atoms with E-state index in [1.54, 1.807) is 6.08 Å². The Morgan fingerprint density at radius 3 is 1.80 bits per heavy atom. The molecule has 0 aromatic rings. The van der Waals surface area contributed by atoms with Gasteiger partial charge < -0.3 is 29.7 Å². The third kappa shape index (κ3) is 36.6. The van der Waals surface area contributed by atoms with Gasteiger partial charge in [-0.05, 0) is 50.9 Å². The van der Waals surface area contributed by atoms with E-state index in [0.29, 0.717) is 25.7 Å². The zero-order valence-electron chi connectivity index (χ0n) is 33.4. The molecule has 4 atom stereocenters. The zero-order chi connectivity index (χ0) is 40.1. The SMILES string of the molecule is CC[C@H](O)/C=C/C=C\C/C=C\C/C=C\C/C=C\CCCC(=O)OC[C@H](COP(=O)(O)OC[C@@H](O)CO)OC(=O)CCCCCCCCCCCCC(C)C. The number of ether oxygens (including phenoxy) is 2. The highest BCUT2D eigenvalue weighted by molar-refractivity contribution is 7.47. The molecule has 0 saturated carbocycles. The summed E-state index contributed by atoms with van der Waals surface area (Å²) in [6.07, 6.45) is 34.4. The molecular weight excluding hydrogens is 711 g/mol. The number of aliphatic hydroxyl groups is 3. The maximum atomic E-state index is 12.6. The molecule has 4 N–H and O–H groups in total. The van der Waals surface area contributed by atoms with Gasteiger partial charge in [-0.25, -0.2) is 4.57 Å². The first-order chi connectivity index (χ1) is 26.0. The fourth-order valence-corrected chi connectivity index (χ4v) is 5.78. The molecule has 11 nitrogen and oxygen atoms in total. The fourth-order valence-electron chi connectivity index (χ4n) is 4.99. The van der Waals surface area contributed by atoms with Gasteiger partial charge >= 0.3 is 19.8 Å². The predicted molar refractivity (Wildman–Crippen MR) is 216 cm³/mol. The van der Waals surface area contributed by atoms with Gasteiger partial charge in [0.15, 0.2) is 6.10 Å². The van der Waals surface area contributed by atoms with Gasteiger partial charge in [0.2, 0.25) is 0 Å². The van der Waals surface area contributed by atoms with Crippen LogP contribution in [-0.2, 0) is 32.7 Å². The van der Waals surface area contributed by atoms with E-state index in [0.717, 1.165) is 44.4 Å². The van der Waals surface area contributed by atoms with E-state index < -0.39 is 51.8 Å². The second-order valence-corrected chi connectivity index (χ2v) is 15.4. The highest BCUT2D eigenvalue weighted by atomic mass is 31.2. The van der Waals surface area contributed by atoms with Crippen molar-refractivity contribution in [3.8, 4) is 0 Å². The summed E-state index contributed by atoms with van der Waals surface area (Å²) in [5.41, 5.74) is 0. The van der Waals surface area contributed by atoms with E-state index >= 15 is 0 Å². The van der Waals surface area contributed by atoms with Crippen LogP contribution in [0.25, 0.3) is 0 Å². The van der Waals surface area contributed by atoms with Crippen molar-refractivity contribution in [3.05, 3.63) is 60.8 Å². The normalized spacial score (nSPS) is 15.3. The molecule has 0 heterocycles. The molecule has 0 bridgehead atoms. The number of phosphoric acid groups is 1. The van der Waals surface area contributed by atoms with Gasteiger partial charge in [0, 0.05) is 12.8 Å². The number of hydrogen-bond donors (Lipinski definition) is 4. The Labute approximate surface area is 326 Å². The summed E-state index contributed by atoms with van der Waals surface area (Å²) in [5.74, 6) is -0.240. The number of carbonyl (C=O) groups is 2. The smallest absolute Gasteiger partial charge is 0.462 e. The zero-order valence-corrected chi connectivity index (χ0v) is 34.3. The molecule has 0 spiro atoms. The molecule has 0 aromatic heterocycles. The first-order valence-electron chi connectivity index (χ1n) is 20.2. The van der Waals surface area contributed by atoms with Crippen LogP contribution in [0.4, 0.5) is 0 Å². The fraction of sp³-hybridized carbons (Fsp3) is 0.714.